The normalized spacial score (nSPS) is 12.6. The molecular weight excluding hydrogens is 255 g/mol. The van der Waals surface area contributed by atoms with Crippen molar-refractivity contribution in [2.75, 3.05) is 20.1 Å². The van der Waals surface area contributed by atoms with Crippen LogP contribution >= 0.6 is 0 Å². The maximum atomic E-state index is 12.8. The molecule has 1 N–H and O–H groups in total. The van der Waals surface area contributed by atoms with Gasteiger partial charge in [-0.2, -0.15) is 0 Å². The minimum atomic E-state index is -0.599. The van der Waals surface area contributed by atoms with Crippen LogP contribution < -0.4 is 0 Å². The summed E-state index contributed by atoms with van der Waals surface area (Å²) >= 11 is 0. The first-order chi connectivity index (χ1) is 9.65. The molecule has 1 unspecified atom stereocenters. The first-order valence-corrected chi connectivity index (χ1v) is 6.66. The number of benzene rings is 1. The number of hydrogen-bond acceptors (Lipinski definition) is 3. The summed E-state index contributed by atoms with van der Waals surface area (Å²) in [5.74, 6) is -0.285. The van der Waals surface area contributed by atoms with Crippen molar-refractivity contribution in [3.05, 3.63) is 65.7 Å². The molecule has 0 spiro atoms. The largest absolute Gasteiger partial charge is 0.387 e. The zero-order valence-corrected chi connectivity index (χ0v) is 11.5. The van der Waals surface area contributed by atoms with Crippen molar-refractivity contribution in [3.8, 4) is 0 Å². The van der Waals surface area contributed by atoms with Crippen LogP contribution in [0, 0.1) is 5.82 Å². The van der Waals surface area contributed by atoms with Crippen molar-refractivity contribution in [2.45, 2.75) is 12.5 Å². The zero-order valence-electron chi connectivity index (χ0n) is 11.5. The highest BCUT2D eigenvalue weighted by Crippen LogP contribution is 2.14. The van der Waals surface area contributed by atoms with Crippen molar-refractivity contribution >= 4 is 0 Å². The van der Waals surface area contributed by atoms with Gasteiger partial charge in [-0.25, -0.2) is 4.39 Å². The quantitative estimate of drug-likeness (QED) is 0.879. The Labute approximate surface area is 118 Å². The van der Waals surface area contributed by atoms with Crippen LogP contribution in [0.25, 0.3) is 0 Å². The maximum Gasteiger partial charge on any atom is 0.123 e. The molecule has 1 aromatic heterocycles. The number of aromatic nitrogens is 1. The molecule has 106 valence electrons. The Morgan fingerprint density at radius 2 is 1.80 bits per heavy atom. The standard InChI is InChI=1S/C16H19FN2O/c1-19(11-8-13-6-9-18-10-7-13)12-16(20)14-2-4-15(17)5-3-14/h2-7,9-10,16,20H,8,11-12H2,1H3. The maximum absolute atomic E-state index is 12.8. The Bertz CT molecular complexity index is 516. The predicted molar refractivity (Wildman–Crippen MR) is 76.8 cm³/mol. The van der Waals surface area contributed by atoms with Crippen molar-refractivity contribution in [1.29, 1.82) is 0 Å². The summed E-state index contributed by atoms with van der Waals surface area (Å²) < 4.78 is 12.8. The van der Waals surface area contributed by atoms with Gasteiger partial charge in [0.15, 0.2) is 0 Å². The summed E-state index contributed by atoms with van der Waals surface area (Å²) in [4.78, 5) is 6.05. The molecule has 0 radical (unpaired) electrons. The monoisotopic (exact) mass is 274 g/mol. The van der Waals surface area contributed by atoms with Gasteiger partial charge in [0.2, 0.25) is 0 Å². The fraction of sp³-hybridized carbons (Fsp3) is 0.312. The van der Waals surface area contributed by atoms with Crippen LogP contribution in [0.2, 0.25) is 0 Å². The van der Waals surface area contributed by atoms with Gasteiger partial charge in [0.1, 0.15) is 5.82 Å². The number of nitrogens with zero attached hydrogens (tertiary/aromatic N) is 2. The first-order valence-electron chi connectivity index (χ1n) is 6.66. The summed E-state index contributed by atoms with van der Waals surface area (Å²) in [6, 6.07) is 9.97. The van der Waals surface area contributed by atoms with Crippen LogP contribution in [0.5, 0.6) is 0 Å². The fourth-order valence-corrected chi connectivity index (χ4v) is 2.05. The lowest BCUT2D eigenvalue weighted by atomic mass is 10.1. The third kappa shape index (κ3) is 4.40. The molecule has 3 nitrogen and oxygen atoms in total. The van der Waals surface area contributed by atoms with E-state index in [0.29, 0.717) is 6.54 Å². The molecule has 0 aliphatic rings. The van der Waals surface area contributed by atoms with Crippen molar-refractivity contribution in [1.82, 2.24) is 9.88 Å². The van der Waals surface area contributed by atoms with E-state index in [1.54, 1.807) is 24.5 Å². The molecule has 1 atom stereocenters. The topological polar surface area (TPSA) is 36.4 Å². The molecule has 1 heterocycles. The van der Waals surface area contributed by atoms with E-state index in [0.717, 1.165) is 18.5 Å². The van der Waals surface area contributed by atoms with Gasteiger partial charge in [-0.05, 0) is 48.9 Å². The van der Waals surface area contributed by atoms with Gasteiger partial charge in [-0.1, -0.05) is 12.1 Å². The molecule has 2 aromatic rings. The predicted octanol–water partition coefficient (Wildman–Crippen LogP) is 2.43. The van der Waals surface area contributed by atoms with Crippen LogP contribution in [0.15, 0.2) is 48.8 Å². The minimum absolute atomic E-state index is 0.285. The molecule has 0 fully saturated rings. The van der Waals surface area contributed by atoms with Gasteiger partial charge in [-0.3, -0.25) is 4.98 Å². The highest BCUT2D eigenvalue weighted by Gasteiger charge is 2.10. The van der Waals surface area contributed by atoms with Gasteiger partial charge in [0.05, 0.1) is 6.10 Å². The van der Waals surface area contributed by atoms with Crippen LogP contribution in [-0.4, -0.2) is 35.1 Å². The Hall–Kier alpha value is -1.78. The molecule has 0 saturated heterocycles. The highest BCUT2D eigenvalue weighted by atomic mass is 19.1. The number of aliphatic hydroxyl groups excluding tert-OH is 1. The zero-order chi connectivity index (χ0) is 14.4. The second kappa shape index (κ2) is 7.12. The minimum Gasteiger partial charge on any atom is -0.387 e. The highest BCUT2D eigenvalue weighted by molar-refractivity contribution is 5.18. The number of likely N-dealkylation sites (N-methyl/N-ethyl adjacent to an activating group) is 1. The number of halogens is 1. The molecule has 0 aliphatic heterocycles. The van der Waals surface area contributed by atoms with E-state index in [4.69, 9.17) is 0 Å². The number of rotatable bonds is 6. The molecule has 20 heavy (non-hydrogen) atoms. The lowest BCUT2D eigenvalue weighted by Crippen LogP contribution is -2.26. The Morgan fingerprint density at radius 1 is 1.15 bits per heavy atom. The second-order valence-corrected chi connectivity index (χ2v) is 4.94. The third-order valence-corrected chi connectivity index (χ3v) is 3.27. The van der Waals surface area contributed by atoms with E-state index in [1.165, 1.54) is 17.7 Å². The van der Waals surface area contributed by atoms with Crippen molar-refractivity contribution < 1.29 is 9.50 Å². The van der Waals surface area contributed by atoms with Crippen molar-refractivity contribution in [3.63, 3.8) is 0 Å². The van der Waals surface area contributed by atoms with Crippen LogP contribution in [0.4, 0.5) is 4.39 Å². The van der Waals surface area contributed by atoms with Gasteiger partial charge in [-0.15, -0.1) is 0 Å². The summed E-state index contributed by atoms with van der Waals surface area (Å²) in [5, 5.41) is 10.1. The van der Waals surface area contributed by atoms with Gasteiger partial charge in [0, 0.05) is 25.5 Å². The molecule has 0 saturated carbocycles. The Balaban J connectivity index is 1.82. The second-order valence-electron chi connectivity index (χ2n) is 4.94. The average molecular weight is 274 g/mol. The van der Waals surface area contributed by atoms with Gasteiger partial charge in [0.25, 0.3) is 0 Å². The fourth-order valence-electron chi connectivity index (χ4n) is 2.05. The average Bonchev–Trinajstić information content (AvgIpc) is 2.47. The molecule has 1 aromatic carbocycles. The van der Waals surface area contributed by atoms with Crippen LogP contribution in [0.3, 0.4) is 0 Å². The molecule has 0 bridgehead atoms. The van der Waals surface area contributed by atoms with E-state index < -0.39 is 6.10 Å². The van der Waals surface area contributed by atoms with Crippen molar-refractivity contribution in [2.24, 2.45) is 0 Å². The lowest BCUT2D eigenvalue weighted by molar-refractivity contribution is 0.127. The Morgan fingerprint density at radius 3 is 2.45 bits per heavy atom. The summed E-state index contributed by atoms with van der Waals surface area (Å²) in [6.45, 7) is 1.37. The molecule has 2 rings (SSSR count). The summed E-state index contributed by atoms with van der Waals surface area (Å²) in [6.07, 6.45) is 3.87. The number of pyridine rings is 1. The third-order valence-electron chi connectivity index (χ3n) is 3.27. The van der Waals surface area contributed by atoms with Crippen LogP contribution in [-0.2, 0) is 6.42 Å². The smallest absolute Gasteiger partial charge is 0.123 e. The SMILES string of the molecule is CN(CCc1ccncc1)CC(O)c1ccc(F)cc1. The molecule has 4 heteroatoms. The first kappa shape index (κ1) is 14.6. The molecule has 0 amide bonds. The van der Waals surface area contributed by atoms with Gasteiger partial charge >= 0.3 is 0 Å². The number of hydrogen-bond donors (Lipinski definition) is 1. The van der Waals surface area contributed by atoms with E-state index in [9.17, 15) is 9.50 Å². The van der Waals surface area contributed by atoms with E-state index >= 15 is 0 Å². The summed E-state index contributed by atoms with van der Waals surface area (Å²) in [5.41, 5.74) is 1.96. The number of aliphatic hydroxyl groups is 1. The lowest BCUT2D eigenvalue weighted by Gasteiger charge is -2.20. The van der Waals surface area contributed by atoms with E-state index in [-0.39, 0.29) is 5.82 Å². The molecule has 0 aliphatic carbocycles. The van der Waals surface area contributed by atoms with Crippen LogP contribution in [0.1, 0.15) is 17.2 Å². The van der Waals surface area contributed by atoms with Gasteiger partial charge < -0.3 is 10.0 Å². The van der Waals surface area contributed by atoms with E-state index in [2.05, 4.69) is 9.88 Å². The van der Waals surface area contributed by atoms with E-state index in [1.807, 2.05) is 19.2 Å². The molecular formula is C16H19FN2O. The summed E-state index contributed by atoms with van der Waals surface area (Å²) in [7, 11) is 1.97. The Kier molecular flexibility index (Phi) is 5.21.